The van der Waals surface area contributed by atoms with Crippen LogP contribution in [0.3, 0.4) is 0 Å². The van der Waals surface area contributed by atoms with Gasteiger partial charge in [-0.3, -0.25) is 9.69 Å². The molecule has 132 valence electrons. The third kappa shape index (κ3) is 3.94. The third-order valence-corrected chi connectivity index (χ3v) is 4.74. The summed E-state index contributed by atoms with van der Waals surface area (Å²) in [6, 6.07) is 7.04. The Morgan fingerprint density at radius 3 is 2.67 bits per heavy atom. The highest BCUT2D eigenvalue weighted by Crippen LogP contribution is 2.35. The summed E-state index contributed by atoms with van der Waals surface area (Å²) in [6.45, 7) is 1.80. The Morgan fingerprint density at radius 2 is 2.04 bits per heavy atom. The summed E-state index contributed by atoms with van der Waals surface area (Å²) < 4.78 is 5.43. The van der Waals surface area contributed by atoms with Gasteiger partial charge in [0.25, 0.3) is 0 Å². The Kier molecular flexibility index (Phi) is 5.96. The molecule has 0 radical (unpaired) electrons. The molecule has 0 aliphatic carbocycles. The van der Waals surface area contributed by atoms with Gasteiger partial charge in [-0.15, -0.1) is 0 Å². The molecule has 1 aliphatic heterocycles. The van der Waals surface area contributed by atoms with Gasteiger partial charge < -0.3 is 14.7 Å². The second-order valence-corrected chi connectivity index (χ2v) is 6.61. The van der Waals surface area contributed by atoms with E-state index < -0.39 is 5.97 Å². The fourth-order valence-electron chi connectivity index (χ4n) is 3.44. The molecular weight excluding hydrogens is 308 g/mol. The highest BCUT2D eigenvalue weighted by Gasteiger charge is 2.43. The molecule has 6 nitrogen and oxygen atoms in total. The summed E-state index contributed by atoms with van der Waals surface area (Å²) >= 11 is 0. The lowest BCUT2D eigenvalue weighted by Crippen LogP contribution is -2.50. The van der Waals surface area contributed by atoms with Crippen molar-refractivity contribution in [2.24, 2.45) is 0 Å². The number of nitrogens with zero attached hydrogens (tertiary/aromatic N) is 2. The van der Waals surface area contributed by atoms with Crippen molar-refractivity contribution < 1.29 is 19.4 Å². The van der Waals surface area contributed by atoms with E-state index >= 15 is 0 Å². The number of benzene rings is 1. The lowest BCUT2D eigenvalue weighted by atomic mass is 9.91. The number of carboxylic acids is 1. The zero-order chi connectivity index (χ0) is 17.7. The van der Waals surface area contributed by atoms with E-state index in [-0.39, 0.29) is 11.4 Å². The molecule has 0 spiro atoms. The fourth-order valence-corrected chi connectivity index (χ4v) is 3.44. The number of likely N-dealkylation sites (tertiary alicyclic amines) is 1. The number of amides is 1. The monoisotopic (exact) mass is 334 g/mol. The zero-order valence-electron chi connectivity index (χ0n) is 14.6. The lowest BCUT2D eigenvalue weighted by molar-refractivity contribution is -0.132. The van der Waals surface area contributed by atoms with Crippen LogP contribution >= 0.6 is 0 Å². The predicted molar refractivity (Wildman–Crippen MR) is 91.0 cm³/mol. The van der Waals surface area contributed by atoms with E-state index in [0.717, 1.165) is 24.9 Å². The van der Waals surface area contributed by atoms with E-state index in [1.807, 2.05) is 12.1 Å². The predicted octanol–water partition coefficient (Wildman–Crippen LogP) is 1.84. The molecule has 1 aromatic rings. The maximum Gasteiger partial charge on any atom is 0.336 e. The molecule has 1 unspecified atom stereocenters. The summed E-state index contributed by atoms with van der Waals surface area (Å²) in [4.78, 5) is 27.6. The molecule has 1 N–H and O–H groups in total. The van der Waals surface area contributed by atoms with Crippen LogP contribution < -0.4 is 0 Å². The Hall–Kier alpha value is -1.92. The van der Waals surface area contributed by atoms with E-state index in [0.29, 0.717) is 25.1 Å². The molecule has 0 aromatic heterocycles. The Morgan fingerprint density at radius 1 is 1.33 bits per heavy atom. The molecule has 24 heavy (non-hydrogen) atoms. The molecule has 1 atom stereocenters. The van der Waals surface area contributed by atoms with Crippen molar-refractivity contribution in [2.75, 3.05) is 34.4 Å². The van der Waals surface area contributed by atoms with E-state index in [2.05, 4.69) is 4.90 Å². The number of hydrogen-bond donors (Lipinski definition) is 1. The van der Waals surface area contributed by atoms with Crippen molar-refractivity contribution in [3.8, 4) is 0 Å². The number of methoxy groups -OCH3 is 1. The van der Waals surface area contributed by atoms with Gasteiger partial charge in [0.2, 0.25) is 5.91 Å². The number of carbonyl (C=O) groups is 2. The van der Waals surface area contributed by atoms with Crippen molar-refractivity contribution >= 4 is 11.9 Å². The maximum atomic E-state index is 12.3. The number of rotatable bonds is 7. The number of carbonyl (C=O) groups excluding carboxylic acids is 1. The van der Waals surface area contributed by atoms with Gasteiger partial charge in [0.05, 0.1) is 17.7 Å². The Bertz CT molecular complexity index is 602. The molecular formula is C18H26N2O4. The van der Waals surface area contributed by atoms with Crippen LogP contribution in [0.4, 0.5) is 0 Å². The fraction of sp³-hybridized carbons (Fsp3) is 0.556. The van der Waals surface area contributed by atoms with Gasteiger partial charge in [0, 0.05) is 34.2 Å². The number of ether oxygens (including phenoxy) is 1. The van der Waals surface area contributed by atoms with Crippen LogP contribution in [-0.4, -0.2) is 66.7 Å². The smallest absolute Gasteiger partial charge is 0.336 e. The minimum Gasteiger partial charge on any atom is -0.478 e. The number of hydrogen-bond acceptors (Lipinski definition) is 4. The second-order valence-electron chi connectivity index (χ2n) is 6.61. The highest BCUT2D eigenvalue weighted by atomic mass is 16.5. The molecule has 1 aromatic carbocycles. The second kappa shape index (κ2) is 7.77. The average Bonchev–Trinajstić information content (AvgIpc) is 2.90. The summed E-state index contributed by atoms with van der Waals surface area (Å²) in [7, 11) is 5.15. The van der Waals surface area contributed by atoms with Crippen LogP contribution in [0, 0.1) is 0 Å². The molecule has 1 saturated heterocycles. The van der Waals surface area contributed by atoms with Gasteiger partial charge in [-0.05, 0) is 31.0 Å². The minimum absolute atomic E-state index is 0.0606. The van der Waals surface area contributed by atoms with E-state index in [1.54, 1.807) is 38.2 Å². The first-order valence-electron chi connectivity index (χ1n) is 8.15. The molecule has 0 saturated carbocycles. The van der Waals surface area contributed by atoms with Gasteiger partial charge in [0.15, 0.2) is 0 Å². The van der Waals surface area contributed by atoms with Gasteiger partial charge in [-0.1, -0.05) is 18.2 Å². The largest absolute Gasteiger partial charge is 0.478 e. The molecule has 1 heterocycles. The summed E-state index contributed by atoms with van der Waals surface area (Å²) in [5.74, 6) is -0.864. The van der Waals surface area contributed by atoms with Gasteiger partial charge in [-0.2, -0.15) is 0 Å². The Balaban J connectivity index is 2.27. The van der Waals surface area contributed by atoms with Crippen molar-refractivity contribution in [3.05, 3.63) is 35.4 Å². The van der Waals surface area contributed by atoms with E-state index in [4.69, 9.17) is 4.74 Å². The van der Waals surface area contributed by atoms with E-state index in [9.17, 15) is 14.7 Å². The lowest BCUT2D eigenvalue weighted by Gasteiger charge is -2.38. The topological polar surface area (TPSA) is 70.1 Å². The van der Waals surface area contributed by atoms with Gasteiger partial charge in [0.1, 0.15) is 0 Å². The average molecular weight is 334 g/mol. The summed E-state index contributed by atoms with van der Waals surface area (Å²) in [6.07, 6.45) is 2.22. The molecule has 1 amide bonds. The first-order chi connectivity index (χ1) is 11.4. The summed E-state index contributed by atoms with van der Waals surface area (Å²) in [5.41, 5.74) is 0.709. The van der Waals surface area contributed by atoms with Crippen molar-refractivity contribution in [2.45, 2.75) is 31.3 Å². The van der Waals surface area contributed by atoms with Crippen LogP contribution in [0.5, 0.6) is 0 Å². The quantitative estimate of drug-likeness (QED) is 0.824. The number of carboxylic acid groups (broad SMARTS) is 1. The standard InChI is InChI=1S/C18H26N2O4/c1-19(2)16(21)11-18(13-24-3)9-6-10-20(18)12-14-7-4-5-8-15(14)17(22)23/h4-5,7-8H,6,9-13H2,1-3H3,(H,22,23). The first-order valence-corrected chi connectivity index (χ1v) is 8.15. The van der Waals surface area contributed by atoms with Crippen LogP contribution in [0.1, 0.15) is 35.2 Å². The van der Waals surface area contributed by atoms with Crippen LogP contribution in [-0.2, 0) is 16.1 Å². The van der Waals surface area contributed by atoms with Crippen molar-refractivity contribution in [1.29, 1.82) is 0 Å². The van der Waals surface area contributed by atoms with Gasteiger partial charge >= 0.3 is 5.97 Å². The van der Waals surface area contributed by atoms with Crippen LogP contribution in [0.25, 0.3) is 0 Å². The first kappa shape index (κ1) is 18.4. The molecule has 1 aliphatic rings. The summed E-state index contributed by atoms with van der Waals surface area (Å²) in [5, 5.41) is 9.39. The minimum atomic E-state index is -0.925. The molecule has 2 rings (SSSR count). The molecule has 6 heteroatoms. The third-order valence-electron chi connectivity index (χ3n) is 4.74. The maximum absolute atomic E-state index is 12.3. The van der Waals surface area contributed by atoms with Gasteiger partial charge in [-0.25, -0.2) is 4.79 Å². The van der Waals surface area contributed by atoms with E-state index in [1.165, 1.54) is 0 Å². The Labute approximate surface area is 143 Å². The van der Waals surface area contributed by atoms with Crippen LogP contribution in [0.2, 0.25) is 0 Å². The van der Waals surface area contributed by atoms with Crippen molar-refractivity contribution in [3.63, 3.8) is 0 Å². The van der Waals surface area contributed by atoms with Crippen LogP contribution in [0.15, 0.2) is 24.3 Å². The number of aromatic carboxylic acids is 1. The van der Waals surface area contributed by atoms with Crippen molar-refractivity contribution in [1.82, 2.24) is 9.80 Å². The normalized spacial score (nSPS) is 21.0. The molecule has 0 bridgehead atoms. The molecule has 1 fully saturated rings. The zero-order valence-corrected chi connectivity index (χ0v) is 14.6. The highest BCUT2D eigenvalue weighted by molar-refractivity contribution is 5.89. The SMILES string of the molecule is COCC1(CC(=O)N(C)C)CCCN1Cc1ccccc1C(=O)O.